The van der Waals surface area contributed by atoms with Crippen molar-refractivity contribution in [3.8, 4) is 11.8 Å². The van der Waals surface area contributed by atoms with E-state index < -0.39 is 0 Å². The van der Waals surface area contributed by atoms with Gasteiger partial charge in [-0.2, -0.15) is 0 Å². The molecule has 1 aliphatic rings. The molecule has 0 radical (unpaired) electrons. The zero-order valence-electron chi connectivity index (χ0n) is 10.3. The van der Waals surface area contributed by atoms with Crippen LogP contribution >= 0.6 is 0 Å². The van der Waals surface area contributed by atoms with Crippen LogP contribution in [0.1, 0.15) is 33.6 Å². The second-order valence-corrected chi connectivity index (χ2v) is 4.63. The molecule has 0 unspecified atom stereocenters. The van der Waals surface area contributed by atoms with Crippen molar-refractivity contribution in [1.29, 1.82) is 0 Å². The predicted molar refractivity (Wildman–Crippen MR) is 63.7 cm³/mol. The third-order valence-corrected chi connectivity index (χ3v) is 2.73. The Morgan fingerprint density at radius 3 is 2.53 bits per heavy atom. The number of likely N-dealkylation sites (tertiary alicyclic amines) is 1. The Bertz CT molecular complexity index is 218. The van der Waals surface area contributed by atoms with E-state index in [-0.39, 0.29) is 0 Å². The number of piperidine rings is 1. The van der Waals surface area contributed by atoms with Crippen molar-refractivity contribution >= 4 is 0 Å². The van der Waals surface area contributed by atoms with Gasteiger partial charge >= 0.3 is 0 Å². The van der Waals surface area contributed by atoms with Gasteiger partial charge in [0, 0.05) is 19.6 Å². The van der Waals surface area contributed by atoms with Crippen molar-refractivity contribution in [2.45, 2.75) is 39.7 Å². The Labute approximate surface area is 94.0 Å². The standard InChI is InChI=1S/C13H23NO/c1-4-5-10-15-13-6-8-14(9-7-13)11-12(2)3/h12-13H,6-11H2,1-3H3. The molecule has 0 bridgehead atoms. The lowest BCUT2D eigenvalue weighted by Crippen LogP contribution is -2.38. The maximum Gasteiger partial charge on any atom is 0.108 e. The summed E-state index contributed by atoms with van der Waals surface area (Å²) in [5.74, 6) is 6.58. The largest absolute Gasteiger partial charge is 0.365 e. The third kappa shape index (κ3) is 5.20. The van der Waals surface area contributed by atoms with Crippen LogP contribution in [0.5, 0.6) is 0 Å². The molecule has 0 saturated carbocycles. The zero-order chi connectivity index (χ0) is 11.1. The lowest BCUT2D eigenvalue weighted by molar-refractivity contribution is 0.0220. The van der Waals surface area contributed by atoms with Crippen molar-refractivity contribution in [3.05, 3.63) is 0 Å². The van der Waals surface area contributed by atoms with Gasteiger partial charge in [-0.15, -0.1) is 5.92 Å². The van der Waals surface area contributed by atoms with E-state index >= 15 is 0 Å². The van der Waals surface area contributed by atoms with Gasteiger partial charge in [0.2, 0.25) is 0 Å². The van der Waals surface area contributed by atoms with Crippen LogP contribution in [0.3, 0.4) is 0 Å². The Morgan fingerprint density at radius 2 is 2.00 bits per heavy atom. The molecule has 1 rings (SSSR count). The van der Waals surface area contributed by atoms with Crippen LogP contribution in [0.2, 0.25) is 0 Å². The molecule has 0 amide bonds. The monoisotopic (exact) mass is 209 g/mol. The molecule has 15 heavy (non-hydrogen) atoms. The smallest absolute Gasteiger partial charge is 0.108 e. The molecule has 1 fully saturated rings. The van der Waals surface area contributed by atoms with E-state index in [0.717, 1.165) is 18.8 Å². The lowest BCUT2D eigenvalue weighted by Gasteiger charge is -2.32. The van der Waals surface area contributed by atoms with Gasteiger partial charge in [0.05, 0.1) is 6.10 Å². The highest BCUT2D eigenvalue weighted by molar-refractivity contribution is 4.95. The van der Waals surface area contributed by atoms with Crippen molar-refractivity contribution < 1.29 is 4.74 Å². The van der Waals surface area contributed by atoms with E-state index in [1.54, 1.807) is 0 Å². The Kier molecular flexibility index (Phi) is 5.75. The zero-order valence-corrected chi connectivity index (χ0v) is 10.3. The molecule has 2 nitrogen and oxygen atoms in total. The first-order chi connectivity index (χ1) is 7.22. The third-order valence-electron chi connectivity index (χ3n) is 2.73. The summed E-state index contributed by atoms with van der Waals surface area (Å²) in [5, 5.41) is 0. The van der Waals surface area contributed by atoms with Gasteiger partial charge in [-0.1, -0.05) is 19.8 Å². The minimum absolute atomic E-state index is 0.439. The summed E-state index contributed by atoms with van der Waals surface area (Å²) in [6, 6.07) is 0. The summed E-state index contributed by atoms with van der Waals surface area (Å²) in [6.07, 6.45) is 2.77. The Morgan fingerprint density at radius 1 is 1.33 bits per heavy atom. The van der Waals surface area contributed by atoms with E-state index in [1.165, 1.54) is 19.6 Å². The van der Waals surface area contributed by atoms with E-state index in [0.29, 0.717) is 12.7 Å². The number of ether oxygens (including phenoxy) is 1. The average molecular weight is 209 g/mol. The van der Waals surface area contributed by atoms with E-state index in [4.69, 9.17) is 4.74 Å². The molecule has 0 N–H and O–H groups in total. The first kappa shape index (κ1) is 12.5. The fourth-order valence-electron chi connectivity index (χ4n) is 2.01. The van der Waals surface area contributed by atoms with Gasteiger partial charge in [-0.05, 0) is 25.7 Å². The van der Waals surface area contributed by atoms with Gasteiger partial charge in [0.1, 0.15) is 6.61 Å². The Balaban J connectivity index is 2.14. The highest BCUT2D eigenvalue weighted by Crippen LogP contribution is 2.14. The number of hydrogen-bond acceptors (Lipinski definition) is 2. The molecule has 1 aliphatic heterocycles. The fourth-order valence-corrected chi connectivity index (χ4v) is 2.01. The quantitative estimate of drug-likeness (QED) is 0.658. The van der Waals surface area contributed by atoms with Crippen molar-refractivity contribution in [2.24, 2.45) is 5.92 Å². The fraction of sp³-hybridized carbons (Fsp3) is 0.846. The summed E-state index contributed by atoms with van der Waals surface area (Å²) in [7, 11) is 0. The predicted octanol–water partition coefficient (Wildman–Crippen LogP) is 2.15. The molecule has 0 aliphatic carbocycles. The molecule has 1 saturated heterocycles. The molecule has 86 valence electrons. The summed E-state index contributed by atoms with van der Waals surface area (Å²) >= 11 is 0. The molecule has 0 aromatic heterocycles. The number of hydrogen-bond donors (Lipinski definition) is 0. The van der Waals surface area contributed by atoms with Crippen molar-refractivity contribution in [1.82, 2.24) is 4.90 Å². The average Bonchev–Trinajstić information content (AvgIpc) is 2.20. The molecular weight excluding hydrogens is 186 g/mol. The summed E-state index contributed by atoms with van der Waals surface area (Å²) in [6.45, 7) is 10.6. The first-order valence-electron chi connectivity index (χ1n) is 5.96. The summed E-state index contributed by atoms with van der Waals surface area (Å²) < 4.78 is 5.68. The maximum absolute atomic E-state index is 5.68. The SMILES string of the molecule is CC#CCOC1CCN(CC(C)C)CC1. The molecule has 1 heterocycles. The summed E-state index contributed by atoms with van der Waals surface area (Å²) in [5.41, 5.74) is 0. The molecule has 0 aromatic carbocycles. The highest BCUT2D eigenvalue weighted by Gasteiger charge is 2.19. The van der Waals surface area contributed by atoms with Crippen LogP contribution in [0.15, 0.2) is 0 Å². The first-order valence-corrected chi connectivity index (χ1v) is 5.96. The van der Waals surface area contributed by atoms with Crippen LogP contribution < -0.4 is 0 Å². The van der Waals surface area contributed by atoms with Crippen LogP contribution in [-0.4, -0.2) is 37.2 Å². The minimum Gasteiger partial charge on any atom is -0.365 e. The molecular formula is C13H23NO. The lowest BCUT2D eigenvalue weighted by atomic mass is 10.1. The number of rotatable bonds is 4. The Hall–Kier alpha value is -0.520. The minimum atomic E-state index is 0.439. The molecule has 2 heteroatoms. The summed E-state index contributed by atoms with van der Waals surface area (Å²) in [4.78, 5) is 2.54. The topological polar surface area (TPSA) is 12.5 Å². The van der Waals surface area contributed by atoms with Crippen LogP contribution in [0.25, 0.3) is 0 Å². The normalized spacial score (nSPS) is 18.9. The second-order valence-electron chi connectivity index (χ2n) is 4.63. The van der Waals surface area contributed by atoms with Crippen LogP contribution in [0, 0.1) is 17.8 Å². The molecule has 0 spiro atoms. The van der Waals surface area contributed by atoms with Gasteiger partial charge in [-0.25, -0.2) is 0 Å². The molecule has 0 aromatic rings. The van der Waals surface area contributed by atoms with E-state index in [9.17, 15) is 0 Å². The van der Waals surface area contributed by atoms with Crippen molar-refractivity contribution in [3.63, 3.8) is 0 Å². The number of nitrogens with zero attached hydrogens (tertiary/aromatic N) is 1. The van der Waals surface area contributed by atoms with Gasteiger partial charge in [-0.3, -0.25) is 0 Å². The van der Waals surface area contributed by atoms with Gasteiger partial charge in [0.15, 0.2) is 0 Å². The van der Waals surface area contributed by atoms with Crippen molar-refractivity contribution in [2.75, 3.05) is 26.2 Å². The van der Waals surface area contributed by atoms with E-state index in [1.807, 2.05) is 6.92 Å². The maximum atomic E-state index is 5.68. The van der Waals surface area contributed by atoms with E-state index in [2.05, 4.69) is 30.6 Å². The van der Waals surface area contributed by atoms with Gasteiger partial charge in [0.25, 0.3) is 0 Å². The van der Waals surface area contributed by atoms with Gasteiger partial charge < -0.3 is 9.64 Å². The highest BCUT2D eigenvalue weighted by atomic mass is 16.5. The van der Waals surface area contributed by atoms with Crippen LogP contribution in [-0.2, 0) is 4.74 Å². The van der Waals surface area contributed by atoms with Crippen LogP contribution in [0.4, 0.5) is 0 Å². The second kappa shape index (κ2) is 6.87. The molecule has 0 atom stereocenters.